The zero-order chi connectivity index (χ0) is 29.7. The Morgan fingerprint density at radius 3 is 2.07 bits per heavy atom. The van der Waals surface area contributed by atoms with Gasteiger partial charge in [-0.1, -0.05) is 18.2 Å². The van der Waals surface area contributed by atoms with Gasteiger partial charge in [0.15, 0.2) is 0 Å². The number of piperidine rings is 1. The second-order valence-electron chi connectivity index (χ2n) is 10.3. The number of nitrogens with zero attached hydrogens (tertiary/aromatic N) is 4. The highest BCUT2D eigenvalue weighted by Gasteiger charge is 2.58. The number of halogens is 6. The molecule has 2 aliphatic heterocycles. The molecule has 0 aliphatic carbocycles. The van der Waals surface area contributed by atoms with E-state index in [2.05, 4.69) is 4.98 Å². The molecule has 41 heavy (non-hydrogen) atoms. The summed E-state index contributed by atoms with van der Waals surface area (Å²) in [5.74, 6) is -1.17. The third-order valence-corrected chi connectivity index (χ3v) is 7.84. The van der Waals surface area contributed by atoms with Crippen molar-refractivity contribution in [3.63, 3.8) is 0 Å². The van der Waals surface area contributed by atoms with Gasteiger partial charge in [0, 0.05) is 30.5 Å². The number of aromatic nitrogens is 1. The SMILES string of the molecule is Cc1ccccc1N1C(C)N(c2cccnc2)C(=O)C12CCN(C(=O)c1cc(C(F)(F)F)cc(C(F)(F)F)c1)CC2. The Morgan fingerprint density at radius 1 is 0.927 bits per heavy atom. The Morgan fingerprint density at radius 2 is 1.54 bits per heavy atom. The molecule has 1 atom stereocenters. The minimum absolute atomic E-state index is 0.00629. The number of carbonyl (C=O) groups is 2. The molecule has 216 valence electrons. The van der Waals surface area contributed by atoms with Crippen LogP contribution in [0.5, 0.6) is 0 Å². The monoisotopic (exact) mass is 576 g/mol. The molecule has 0 saturated carbocycles. The Kier molecular flexibility index (Phi) is 6.99. The van der Waals surface area contributed by atoms with E-state index in [-0.39, 0.29) is 37.9 Å². The van der Waals surface area contributed by atoms with Crippen molar-refractivity contribution in [1.29, 1.82) is 0 Å². The van der Waals surface area contributed by atoms with Crippen LogP contribution in [0.4, 0.5) is 37.7 Å². The first-order valence-corrected chi connectivity index (χ1v) is 12.9. The number of para-hydroxylation sites is 1. The smallest absolute Gasteiger partial charge is 0.338 e. The summed E-state index contributed by atoms with van der Waals surface area (Å²) in [6.07, 6.45) is -7.17. The topological polar surface area (TPSA) is 56.8 Å². The maximum absolute atomic E-state index is 14.1. The number of rotatable bonds is 3. The summed E-state index contributed by atoms with van der Waals surface area (Å²) in [4.78, 5) is 36.4. The number of hydrogen-bond acceptors (Lipinski definition) is 4. The van der Waals surface area contributed by atoms with Gasteiger partial charge in [-0.3, -0.25) is 19.5 Å². The molecule has 2 fully saturated rings. The van der Waals surface area contributed by atoms with E-state index in [9.17, 15) is 35.9 Å². The van der Waals surface area contributed by atoms with Crippen molar-refractivity contribution >= 4 is 23.2 Å². The standard InChI is InChI=1S/C29H26F6N4O2/c1-18-6-3-4-8-24(18)39-19(2)38(23-7-5-11-36-17-23)26(41)27(39)9-12-37(13-10-27)25(40)20-14-21(28(30,31)32)16-22(15-20)29(33,34)35/h3-8,11,14-17,19H,9-10,12-13H2,1-2H3. The summed E-state index contributed by atoms with van der Waals surface area (Å²) < 4.78 is 80.3. The van der Waals surface area contributed by atoms with Gasteiger partial charge >= 0.3 is 12.4 Å². The first-order valence-electron chi connectivity index (χ1n) is 12.9. The Bertz CT molecular complexity index is 1430. The van der Waals surface area contributed by atoms with Crippen LogP contribution < -0.4 is 9.80 Å². The van der Waals surface area contributed by atoms with Gasteiger partial charge in [-0.05, 0) is 68.7 Å². The number of hydrogen-bond donors (Lipinski definition) is 0. The Labute approximate surface area is 232 Å². The van der Waals surface area contributed by atoms with Crippen molar-refractivity contribution in [3.05, 3.63) is 89.2 Å². The van der Waals surface area contributed by atoms with Gasteiger partial charge < -0.3 is 9.80 Å². The average molecular weight is 577 g/mol. The molecule has 1 aromatic heterocycles. The van der Waals surface area contributed by atoms with E-state index in [4.69, 9.17) is 0 Å². The highest BCUT2D eigenvalue weighted by Crippen LogP contribution is 2.45. The normalized spacial score (nSPS) is 19.3. The minimum Gasteiger partial charge on any atom is -0.338 e. The fourth-order valence-corrected chi connectivity index (χ4v) is 5.86. The molecule has 5 rings (SSSR count). The molecule has 6 nitrogen and oxygen atoms in total. The van der Waals surface area contributed by atoms with E-state index in [0.717, 1.165) is 11.3 Å². The average Bonchev–Trinajstić information content (AvgIpc) is 3.13. The highest BCUT2D eigenvalue weighted by molar-refractivity contribution is 6.07. The molecule has 2 amide bonds. The van der Waals surface area contributed by atoms with Gasteiger partial charge in [-0.2, -0.15) is 26.3 Å². The lowest BCUT2D eigenvalue weighted by Gasteiger charge is -2.45. The predicted molar refractivity (Wildman–Crippen MR) is 139 cm³/mol. The first-order chi connectivity index (χ1) is 19.2. The Balaban J connectivity index is 1.49. The number of pyridine rings is 1. The lowest BCUT2D eigenvalue weighted by atomic mass is 9.84. The van der Waals surface area contributed by atoms with Crippen molar-refractivity contribution < 1.29 is 35.9 Å². The molecule has 0 radical (unpaired) electrons. The van der Waals surface area contributed by atoms with Crippen LogP contribution >= 0.6 is 0 Å². The summed E-state index contributed by atoms with van der Waals surface area (Å²) in [5.41, 5.74) is -2.59. The number of alkyl halides is 6. The lowest BCUT2D eigenvalue weighted by Crippen LogP contribution is -2.58. The molecule has 0 N–H and O–H groups in total. The van der Waals surface area contributed by atoms with E-state index in [1.54, 1.807) is 29.4 Å². The molecule has 3 aromatic rings. The van der Waals surface area contributed by atoms with Crippen LogP contribution in [0.2, 0.25) is 0 Å². The molecule has 1 unspecified atom stereocenters. The Hall–Kier alpha value is -4.09. The number of anilines is 2. The van der Waals surface area contributed by atoms with Crippen LogP contribution in [0, 0.1) is 6.92 Å². The van der Waals surface area contributed by atoms with Crippen molar-refractivity contribution in [2.45, 2.75) is 50.7 Å². The van der Waals surface area contributed by atoms with E-state index < -0.39 is 46.7 Å². The van der Waals surface area contributed by atoms with Crippen molar-refractivity contribution in [3.8, 4) is 0 Å². The summed E-state index contributed by atoms with van der Waals surface area (Å²) in [6.45, 7) is 3.71. The molecule has 3 heterocycles. The van der Waals surface area contributed by atoms with Crippen LogP contribution in [0.15, 0.2) is 67.0 Å². The molecule has 12 heteroatoms. The molecular formula is C29H26F6N4O2. The van der Waals surface area contributed by atoms with Crippen molar-refractivity contribution in [2.75, 3.05) is 22.9 Å². The minimum atomic E-state index is -5.07. The largest absolute Gasteiger partial charge is 0.416 e. The number of carbonyl (C=O) groups excluding carboxylic acids is 2. The van der Waals surface area contributed by atoms with Crippen LogP contribution in [0.3, 0.4) is 0 Å². The summed E-state index contributed by atoms with van der Waals surface area (Å²) >= 11 is 0. The third-order valence-electron chi connectivity index (χ3n) is 7.84. The molecular weight excluding hydrogens is 550 g/mol. The van der Waals surface area contributed by atoms with Crippen molar-refractivity contribution in [1.82, 2.24) is 9.88 Å². The van der Waals surface area contributed by atoms with Gasteiger partial charge in [-0.25, -0.2) is 0 Å². The summed E-state index contributed by atoms with van der Waals surface area (Å²) in [6, 6.07) is 11.9. The molecule has 1 spiro atoms. The second-order valence-corrected chi connectivity index (χ2v) is 10.3. The summed E-state index contributed by atoms with van der Waals surface area (Å²) in [7, 11) is 0. The van der Waals surface area contributed by atoms with E-state index >= 15 is 0 Å². The zero-order valence-corrected chi connectivity index (χ0v) is 22.1. The van der Waals surface area contributed by atoms with Crippen molar-refractivity contribution in [2.24, 2.45) is 0 Å². The maximum atomic E-state index is 14.1. The number of benzene rings is 2. The molecule has 2 saturated heterocycles. The second kappa shape index (κ2) is 10.1. The number of aryl methyl sites for hydroxylation is 1. The van der Waals surface area contributed by atoms with Gasteiger partial charge in [0.25, 0.3) is 11.8 Å². The van der Waals surface area contributed by atoms with Crippen LogP contribution in [-0.2, 0) is 17.1 Å². The van der Waals surface area contributed by atoms with Gasteiger partial charge in [0.2, 0.25) is 0 Å². The fraction of sp³-hybridized carbons (Fsp3) is 0.345. The van der Waals surface area contributed by atoms with Crippen LogP contribution in [-0.4, -0.2) is 46.5 Å². The molecule has 0 bridgehead atoms. The quantitative estimate of drug-likeness (QED) is 0.344. The highest BCUT2D eigenvalue weighted by atomic mass is 19.4. The van der Waals surface area contributed by atoms with E-state index in [0.29, 0.717) is 17.8 Å². The first kappa shape index (κ1) is 28.4. The van der Waals surface area contributed by atoms with Gasteiger partial charge in [0.1, 0.15) is 11.7 Å². The van der Waals surface area contributed by atoms with E-state index in [1.165, 1.54) is 4.90 Å². The predicted octanol–water partition coefficient (Wildman–Crippen LogP) is 6.30. The number of likely N-dealkylation sites (tertiary alicyclic amines) is 1. The number of amides is 2. The van der Waals surface area contributed by atoms with Crippen LogP contribution in [0.25, 0.3) is 0 Å². The van der Waals surface area contributed by atoms with E-state index in [1.807, 2.05) is 43.0 Å². The maximum Gasteiger partial charge on any atom is 0.416 e. The third kappa shape index (κ3) is 5.00. The molecule has 2 aromatic carbocycles. The molecule has 2 aliphatic rings. The summed E-state index contributed by atoms with van der Waals surface area (Å²) in [5, 5.41) is 0. The van der Waals surface area contributed by atoms with Crippen LogP contribution in [0.1, 0.15) is 46.8 Å². The fourth-order valence-electron chi connectivity index (χ4n) is 5.86. The van der Waals surface area contributed by atoms with Gasteiger partial charge in [-0.15, -0.1) is 0 Å². The lowest BCUT2D eigenvalue weighted by molar-refractivity contribution is -0.143. The van der Waals surface area contributed by atoms with Gasteiger partial charge in [0.05, 0.1) is 23.0 Å². The zero-order valence-electron chi connectivity index (χ0n) is 22.1.